The molecule has 0 spiro atoms. The van der Waals surface area contributed by atoms with Crippen molar-refractivity contribution in [2.75, 3.05) is 17.7 Å². The lowest BCUT2D eigenvalue weighted by Gasteiger charge is -2.12. The van der Waals surface area contributed by atoms with Gasteiger partial charge in [-0.2, -0.15) is 0 Å². The summed E-state index contributed by atoms with van der Waals surface area (Å²) in [6, 6.07) is 15.2. The molecule has 2 aromatic carbocycles. The van der Waals surface area contributed by atoms with Crippen molar-refractivity contribution in [3.05, 3.63) is 76.9 Å². The average Bonchev–Trinajstić information content (AvgIpc) is 3.38. The molecule has 0 saturated heterocycles. The first kappa shape index (κ1) is 18.8. The molecule has 0 radical (unpaired) electrons. The normalized spacial score (nSPS) is 10.7. The van der Waals surface area contributed by atoms with Crippen LogP contribution in [0.15, 0.2) is 74.2 Å². The molecular formula is C21H15BrN2O5. The van der Waals surface area contributed by atoms with E-state index in [0.717, 1.165) is 9.86 Å². The summed E-state index contributed by atoms with van der Waals surface area (Å²) in [5, 5.41) is 6.27. The Kier molecular flexibility index (Phi) is 5.09. The fraction of sp³-hybridized carbons (Fsp3) is 0.0476. The first-order valence-electron chi connectivity index (χ1n) is 8.57. The Balaban J connectivity index is 1.57. The molecule has 0 atom stereocenters. The van der Waals surface area contributed by atoms with Crippen molar-refractivity contribution in [2.45, 2.75) is 0 Å². The minimum Gasteiger partial charge on any atom is -0.495 e. The van der Waals surface area contributed by atoms with Crippen LogP contribution in [0, 0.1) is 0 Å². The molecule has 2 heterocycles. The molecule has 8 heteroatoms. The molecule has 7 nitrogen and oxygen atoms in total. The van der Waals surface area contributed by atoms with Crippen LogP contribution in [0.1, 0.15) is 21.1 Å². The molecule has 0 unspecified atom stereocenters. The summed E-state index contributed by atoms with van der Waals surface area (Å²) in [5.74, 6) is -0.0661. The second kappa shape index (κ2) is 7.84. The number of benzene rings is 2. The van der Waals surface area contributed by atoms with Crippen LogP contribution in [0.2, 0.25) is 0 Å². The van der Waals surface area contributed by atoms with Gasteiger partial charge in [-0.1, -0.05) is 15.9 Å². The topological polar surface area (TPSA) is 93.7 Å². The van der Waals surface area contributed by atoms with Crippen LogP contribution in [0.4, 0.5) is 11.4 Å². The first-order chi connectivity index (χ1) is 14.0. The van der Waals surface area contributed by atoms with E-state index in [-0.39, 0.29) is 11.5 Å². The van der Waals surface area contributed by atoms with Crippen molar-refractivity contribution >= 4 is 50.1 Å². The van der Waals surface area contributed by atoms with Gasteiger partial charge in [0.05, 0.1) is 19.1 Å². The molecule has 4 rings (SSSR count). The zero-order valence-corrected chi connectivity index (χ0v) is 16.8. The zero-order chi connectivity index (χ0) is 20.4. The van der Waals surface area contributed by atoms with Crippen LogP contribution < -0.4 is 15.4 Å². The molecule has 0 saturated carbocycles. The van der Waals surface area contributed by atoms with Crippen LogP contribution in [0.3, 0.4) is 0 Å². The SMILES string of the molecule is COc1ccc(NC(=O)c2ccco2)cc1NC(=O)c1cc2cc(Br)ccc2o1. The summed E-state index contributed by atoms with van der Waals surface area (Å²) in [6.45, 7) is 0. The lowest BCUT2D eigenvalue weighted by Crippen LogP contribution is -2.14. The summed E-state index contributed by atoms with van der Waals surface area (Å²) in [5.41, 5.74) is 1.46. The van der Waals surface area contributed by atoms with E-state index in [2.05, 4.69) is 26.6 Å². The molecular weight excluding hydrogens is 440 g/mol. The minimum absolute atomic E-state index is 0.158. The van der Waals surface area contributed by atoms with Gasteiger partial charge in [-0.25, -0.2) is 0 Å². The fourth-order valence-corrected chi connectivity index (χ4v) is 3.17. The van der Waals surface area contributed by atoms with Crippen LogP contribution in [-0.4, -0.2) is 18.9 Å². The number of methoxy groups -OCH3 is 1. The van der Waals surface area contributed by atoms with Gasteiger partial charge in [-0.15, -0.1) is 0 Å². The number of carbonyl (C=O) groups is 2. The van der Waals surface area contributed by atoms with Gasteiger partial charge in [0.1, 0.15) is 11.3 Å². The van der Waals surface area contributed by atoms with E-state index >= 15 is 0 Å². The van der Waals surface area contributed by atoms with Crippen LogP contribution in [-0.2, 0) is 0 Å². The van der Waals surface area contributed by atoms with Gasteiger partial charge in [0.25, 0.3) is 11.8 Å². The van der Waals surface area contributed by atoms with Crippen molar-refractivity contribution in [3.8, 4) is 5.75 Å². The summed E-state index contributed by atoms with van der Waals surface area (Å²) in [7, 11) is 1.49. The Hall–Kier alpha value is -3.52. The summed E-state index contributed by atoms with van der Waals surface area (Å²) in [4.78, 5) is 24.9. The Bertz CT molecular complexity index is 1200. The van der Waals surface area contributed by atoms with Crippen molar-refractivity contribution in [1.82, 2.24) is 0 Å². The predicted octanol–water partition coefficient (Wildman–Crippen LogP) is 5.30. The Morgan fingerprint density at radius 3 is 2.55 bits per heavy atom. The number of amides is 2. The number of furan rings is 2. The van der Waals surface area contributed by atoms with Gasteiger partial charge in [-0.05, 0) is 54.6 Å². The lowest BCUT2D eigenvalue weighted by atomic mass is 10.2. The molecule has 4 aromatic rings. The smallest absolute Gasteiger partial charge is 0.291 e. The first-order valence-corrected chi connectivity index (χ1v) is 9.36. The third-order valence-electron chi connectivity index (χ3n) is 4.15. The van der Waals surface area contributed by atoms with Crippen molar-refractivity contribution in [3.63, 3.8) is 0 Å². The molecule has 0 aliphatic rings. The second-order valence-electron chi connectivity index (χ2n) is 6.09. The maximum Gasteiger partial charge on any atom is 0.291 e. The molecule has 0 aliphatic heterocycles. The van der Waals surface area contributed by atoms with E-state index in [1.165, 1.54) is 13.4 Å². The van der Waals surface area contributed by atoms with Crippen LogP contribution in [0.5, 0.6) is 5.75 Å². The number of fused-ring (bicyclic) bond motifs is 1. The summed E-state index contributed by atoms with van der Waals surface area (Å²) in [6.07, 6.45) is 1.42. The minimum atomic E-state index is -0.440. The molecule has 0 fully saturated rings. The highest BCUT2D eigenvalue weighted by atomic mass is 79.9. The zero-order valence-electron chi connectivity index (χ0n) is 15.2. The van der Waals surface area contributed by atoms with Crippen molar-refractivity contribution in [1.29, 1.82) is 0 Å². The van der Waals surface area contributed by atoms with E-state index in [1.54, 1.807) is 42.5 Å². The number of rotatable bonds is 5. The van der Waals surface area contributed by atoms with E-state index in [4.69, 9.17) is 13.6 Å². The number of anilines is 2. The summed E-state index contributed by atoms with van der Waals surface area (Å²) < 4.78 is 16.9. The number of hydrogen-bond donors (Lipinski definition) is 2. The van der Waals surface area contributed by atoms with E-state index < -0.39 is 11.8 Å². The Morgan fingerprint density at radius 1 is 0.966 bits per heavy atom. The van der Waals surface area contributed by atoms with Gasteiger partial charge in [0.2, 0.25) is 0 Å². The number of nitrogens with one attached hydrogen (secondary N) is 2. The van der Waals surface area contributed by atoms with Gasteiger partial charge in [0, 0.05) is 15.5 Å². The number of halogens is 1. The second-order valence-corrected chi connectivity index (χ2v) is 7.01. The van der Waals surface area contributed by atoms with Gasteiger partial charge >= 0.3 is 0 Å². The lowest BCUT2D eigenvalue weighted by molar-refractivity contribution is 0.0991. The third-order valence-corrected chi connectivity index (χ3v) is 4.65. The number of hydrogen-bond acceptors (Lipinski definition) is 5. The monoisotopic (exact) mass is 454 g/mol. The standard InChI is InChI=1S/C21H15BrN2O5/c1-27-17-7-5-14(23-20(25)18-3-2-8-28-18)11-15(17)24-21(26)19-10-12-9-13(22)4-6-16(12)29-19/h2-11H,1H3,(H,23,25)(H,24,26). The number of carbonyl (C=O) groups excluding carboxylic acids is 2. The van der Waals surface area contributed by atoms with Crippen molar-refractivity contribution in [2.24, 2.45) is 0 Å². The van der Waals surface area contributed by atoms with Gasteiger partial charge in [-0.3, -0.25) is 9.59 Å². The third kappa shape index (κ3) is 4.02. The van der Waals surface area contributed by atoms with E-state index in [1.807, 2.05) is 12.1 Å². The molecule has 2 amide bonds. The van der Waals surface area contributed by atoms with Gasteiger partial charge < -0.3 is 24.2 Å². The maximum absolute atomic E-state index is 12.7. The maximum atomic E-state index is 12.7. The van der Waals surface area contributed by atoms with Crippen LogP contribution >= 0.6 is 15.9 Å². The van der Waals surface area contributed by atoms with E-state index in [9.17, 15) is 9.59 Å². The van der Waals surface area contributed by atoms with Crippen LogP contribution in [0.25, 0.3) is 11.0 Å². The Labute approximate surface area is 173 Å². The largest absolute Gasteiger partial charge is 0.495 e. The Morgan fingerprint density at radius 2 is 1.79 bits per heavy atom. The van der Waals surface area contributed by atoms with Crippen molar-refractivity contribution < 1.29 is 23.2 Å². The number of ether oxygens (including phenoxy) is 1. The highest BCUT2D eigenvalue weighted by molar-refractivity contribution is 9.10. The molecule has 0 aliphatic carbocycles. The molecule has 29 heavy (non-hydrogen) atoms. The summed E-state index contributed by atoms with van der Waals surface area (Å²) >= 11 is 3.39. The predicted molar refractivity (Wildman–Crippen MR) is 112 cm³/mol. The highest BCUT2D eigenvalue weighted by Gasteiger charge is 2.16. The average molecular weight is 455 g/mol. The fourth-order valence-electron chi connectivity index (χ4n) is 2.79. The molecule has 2 aromatic heterocycles. The molecule has 2 N–H and O–H groups in total. The molecule has 146 valence electrons. The van der Waals surface area contributed by atoms with Gasteiger partial charge in [0.15, 0.2) is 11.5 Å². The highest BCUT2D eigenvalue weighted by Crippen LogP contribution is 2.30. The molecule has 0 bridgehead atoms. The quantitative estimate of drug-likeness (QED) is 0.426. The van der Waals surface area contributed by atoms with E-state index in [0.29, 0.717) is 22.7 Å².